The molecule has 1 aliphatic rings. The highest BCUT2D eigenvalue weighted by atomic mass is 16.5. The average molecular weight is 391 g/mol. The highest BCUT2D eigenvalue weighted by molar-refractivity contribution is 5.89. The second kappa shape index (κ2) is 8.86. The number of hydrogen-bond acceptors (Lipinski definition) is 6. The Balaban J connectivity index is 1.41. The molecular weight excluding hydrogens is 366 g/mol. The summed E-state index contributed by atoms with van der Waals surface area (Å²) >= 11 is 0. The van der Waals surface area contributed by atoms with Gasteiger partial charge in [-0.1, -0.05) is 42.4 Å². The van der Waals surface area contributed by atoms with Gasteiger partial charge in [0.2, 0.25) is 5.82 Å². The Kier molecular flexibility index (Phi) is 5.84. The molecule has 1 aromatic carbocycles. The minimum Gasteiger partial charge on any atom is -0.357 e. The minimum atomic E-state index is -0.364. The molecule has 1 fully saturated rings. The van der Waals surface area contributed by atoms with E-state index in [0.717, 1.165) is 24.5 Å². The van der Waals surface area contributed by atoms with Crippen LogP contribution in [0.4, 0.5) is 5.82 Å². The maximum absolute atomic E-state index is 12.4. The maximum atomic E-state index is 12.4. The Bertz CT molecular complexity index is 951. The van der Waals surface area contributed by atoms with Crippen molar-refractivity contribution < 1.29 is 9.32 Å². The highest BCUT2D eigenvalue weighted by Gasteiger charge is 2.18. The van der Waals surface area contributed by atoms with Crippen LogP contribution in [0.15, 0.2) is 53.2 Å². The van der Waals surface area contributed by atoms with Crippen molar-refractivity contribution in [3.8, 4) is 11.4 Å². The van der Waals surface area contributed by atoms with Gasteiger partial charge in [-0.3, -0.25) is 4.79 Å². The molecule has 0 unspecified atom stereocenters. The van der Waals surface area contributed by atoms with E-state index in [0.29, 0.717) is 12.4 Å². The number of pyridine rings is 1. The molecule has 2 aromatic heterocycles. The second-order valence-corrected chi connectivity index (χ2v) is 7.40. The fourth-order valence-corrected chi connectivity index (χ4v) is 3.51. The summed E-state index contributed by atoms with van der Waals surface area (Å²) in [6.07, 6.45) is 5.37. The molecule has 3 aromatic rings. The predicted molar refractivity (Wildman–Crippen MR) is 111 cm³/mol. The van der Waals surface area contributed by atoms with E-state index >= 15 is 0 Å². The quantitative estimate of drug-likeness (QED) is 0.690. The van der Waals surface area contributed by atoms with Crippen LogP contribution in [0.25, 0.3) is 11.4 Å². The summed E-state index contributed by atoms with van der Waals surface area (Å²) in [5, 5.41) is 6.86. The van der Waals surface area contributed by atoms with Gasteiger partial charge in [0.05, 0.1) is 0 Å². The summed E-state index contributed by atoms with van der Waals surface area (Å²) in [6, 6.07) is 13.8. The van der Waals surface area contributed by atoms with Gasteiger partial charge >= 0.3 is 11.8 Å². The fraction of sp³-hybridized carbons (Fsp3) is 0.364. The lowest BCUT2D eigenvalue weighted by atomic mass is 10.0. The molecule has 1 amide bonds. The lowest BCUT2D eigenvalue weighted by Gasteiger charge is -2.27. The zero-order chi connectivity index (χ0) is 20.1. The lowest BCUT2D eigenvalue weighted by molar-refractivity contribution is 0.0908. The third-order valence-electron chi connectivity index (χ3n) is 5.24. The van der Waals surface area contributed by atoms with Crippen molar-refractivity contribution in [1.29, 1.82) is 0 Å². The van der Waals surface area contributed by atoms with Gasteiger partial charge < -0.3 is 14.7 Å². The number of nitrogens with one attached hydrogen (secondary N) is 1. The standard InChI is InChI=1S/C22H25N5O2/c1-16(17-8-4-2-5-9-17)15-24-21(28)22-25-20(26-29-22)18-10-11-23-19(14-18)27-12-6-3-7-13-27/h2,4-5,8-11,14,16H,3,6-7,12-13,15H2,1H3,(H,24,28)/t16-/m1/s1. The zero-order valence-corrected chi connectivity index (χ0v) is 16.5. The summed E-state index contributed by atoms with van der Waals surface area (Å²) in [7, 11) is 0. The maximum Gasteiger partial charge on any atom is 0.316 e. The molecule has 1 saturated heterocycles. The number of anilines is 1. The first-order valence-corrected chi connectivity index (χ1v) is 10.1. The summed E-state index contributed by atoms with van der Waals surface area (Å²) in [5.41, 5.74) is 1.96. The highest BCUT2D eigenvalue weighted by Crippen LogP contribution is 2.23. The molecule has 0 spiro atoms. The van der Waals surface area contributed by atoms with Crippen molar-refractivity contribution in [1.82, 2.24) is 20.4 Å². The Morgan fingerprint density at radius 1 is 1.17 bits per heavy atom. The van der Waals surface area contributed by atoms with Gasteiger partial charge in [-0.05, 0) is 42.9 Å². The molecule has 1 aliphatic heterocycles. The summed E-state index contributed by atoms with van der Waals surface area (Å²) < 4.78 is 5.20. The number of nitrogens with zero attached hydrogens (tertiary/aromatic N) is 4. The summed E-state index contributed by atoms with van der Waals surface area (Å²) in [6.45, 7) is 4.58. The van der Waals surface area contributed by atoms with Gasteiger partial charge in [0.1, 0.15) is 5.82 Å². The summed E-state index contributed by atoms with van der Waals surface area (Å²) in [4.78, 5) is 23.4. The SMILES string of the molecule is C[C@H](CNC(=O)c1nc(-c2ccnc(N3CCCCC3)c2)no1)c1ccccc1. The number of carbonyl (C=O) groups excluding carboxylic acids is 1. The van der Waals surface area contributed by atoms with Crippen LogP contribution in [0.2, 0.25) is 0 Å². The van der Waals surface area contributed by atoms with Crippen molar-refractivity contribution >= 4 is 11.7 Å². The van der Waals surface area contributed by atoms with Crippen LogP contribution < -0.4 is 10.2 Å². The first kappa shape index (κ1) is 19.1. The van der Waals surface area contributed by atoms with Gasteiger partial charge in [-0.2, -0.15) is 4.98 Å². The van der Waals surface area contributed by atoms with Crippen LogP contribution in [0.1, 0.15) is 48.4 Å². The van der Waals surface area contributed by atoms with Crippen LogP contribution >= 0.6 is 0 Å². The van der Waals surface area contributed by atoms with Crippen LogP contribution in [-0.2, 0) is 0 Å². The second-order valence-electron chi connectivity index (χ2n) is 7.40. The van der Waals surface area contributed by atoms with E-state index in [9.17, 15) is 4.79 Å². The first-order chi connectivity index (χ1) is 14.2. The Labute approximate surface area is 170 Å². The van der Waals surface area contributed by atoms with Crippen molar-refractivity contribution in [2.24, 2.45) is 0 Å². The van der Waals surface area contributed by atoms with Crippen molar-refractivity contribution in [3.63, 3.8) is 0 Å². The van der Waals surface area contributed by atoms with Crippen molar-refractivity contribution in [2.75, 3.05) is 24.5 Å². The normalized spacial score (nSPS) is 15.1. The van der Waals surface area contributed by atoms with Crippen LogP contribution in [0, 0.1) is 0 Å². The molecule has 1 N–H and O–H groups in total. The first-order valence-electron chi connectivity index (χ1n) is 10.1. The molecule has 0 bridgehead atoms. The van der Waals surface area contributed by atoms with E-state index in [1.54, 1.807) is 6.20 Å². The Hall–Kier alpha value is -3.22. The molecule has 150 valence electrons. The molecule has 29 heavy (non-hydrogen) atoms. The number of benzene rings is 1. The molecule has 0 aliphatic carbocycles. The Morgan fingerprint density at radius 3 is 2.76 bits per heavy atom. The van der Waals surface area contributed by atoms with Gasteiger partial charge in [-0.15, -0.1) is 0 Å². The average Bonchev–Trinajstić information content (AvgIpc) is 3.29. The van der Waals surface area contributed by atoms with E-state index in [1.807, 2.05) is 42.5 Å². The third kappa shape index (κ3) is 4.62. The van der Waals surface area contributed by atoms with Gasteiger partial charge in [-0.25, -0.2) is 4.98 Å². The van der Waals surface area contributed by atoms with Crippen molar-refractivity contribution in [3.05, 3.63) is 60.1 Å². The number of amides is 1. The van der Waals surface area contributed by atoms with Crippen LogP contribution in [0.3, 0.4) is 0 Å². The molecule has 3 heterocycles. The molecular formula is C22H25N5O2. The zero-order valence-electron chi connectivity index (χ0n) is 16.5. The van der Waals surface area contributed by atoms with Gasteiger partial charge in [0.15, 0.2) is 0 Å². The fourth-order valence-electron chi connectivity index (χ4n) is 3.51. The number of aromatic nitrogens is 3. The molecule has 1 atom stereocenters. The monoisotopic (exact) mass is 391 g/mol. The predicted octanol–water partition coefficient (Wildman–Crippen LogP) is 3.66. The number of rotatable bonds is 6. The molecule has 0 radical (unpaired) electrons. The number of piperidine rings is 1. The molecule has 7 nitrogen and oxygen atoms in total. The van der Waals surface area contributed by atoms with Gasteiger partial charge in [0.25, 0.3) is 0 Å². The van der Waals surface area contributed by atoms with Crippen molar-refractivity contribution in [2.45, 2.75) is 32.1 Å². The molecule has 7 heteroatoms. The largest absolute Gasteiger partial charge is 0.357 e. The van der Waals surface area contributed by atoms with E-state index in [4.69, 9.17) is 4.52 Å². The van der Waals surface area contributed by atoms with Crippen LogP contribution in [0.5, 0.6) is 0 Å². The number of hydrogen-bond donors (Lipinski definition) is 1. The summed E-state index contributed by atoms with van der Waals surface area (Å²) in [5.74, 6) is 1.10. The van der Waals surface area contributed by atoms with Gasteiger partial charge in [0, 0.05) is 31.4 Å². The Morgan fingerprint density at radius 2 is 1.97 bits per heavy atom. The third-order valence-corrected chi connectivity index (χ3v) is 5.24. The topological polar surface area (TPSA) is 84.2 Å². The molecule has 4 rings (SSSR count). The van der Waals surface area contributed by atoms with E-state index in [-0.39, 0.29) is 17.7 Å². The molecule has 0 saturated carbocycles. The smallest absolute Gasteiger partial charge is 0.316 e. The van der Waals surface area contributed by atoms with E-state index in [2.05, 4.69) is 32.3 Å². The minimum absolute atomic E-state index is 0.0309. The lowest BCUT2D eigenvalue weighted by Crippen LogP contribution is -2.30. The van der Waals surface area contributed by atoms with E-state index < -0.39 is 0 Å². The van der Waals surface area contributed by atoms with E-state index in [1.165, 1.54) is 24.8 Å². The van der Waals surface area contributed by atoms with Crippen LogP contribution in [-0.4, -0.2) is 40.7 Å². The number of carbonyl (C=O) groups is 1.